The van der Waals surface area contributed by atoms with Gasteiger partial charge in [-0.05, 0) is 61.4 Å². The van der Waals surface area contributed by atoms with Crippen molar-refractivity contribution in [1.82, 2.24) is 8.61 Å². The molecule has 2 saturated heterocycles. The predicted molar refractivity (Wildman–Crippen MR) is 128 cm³/mol. The second kappa shape index (κ2) is 10.2. The standard InChI is InChI=1S/C22H29N3O5S3/c26-22(18-7-5-15-25(17-18)33(29,30)21-8-6-16-31-21)23-19-9-11-20(12-10-19)32(27,28)24-13-3-1-2-4-14-24/h6,8-12,16,18H,1-5,7,13-15,17H2,(H,23,26)/t18-/m0/s1. The summed E-state index contributed by atoms with van der Waals surface area (Å²) >= 11 is 1.17. The van der Waals surface area contributed by atoms with E-state index in [2.05, 4.69) is 5.32 Å². The van der Waals surface area contributed by atoms with Crippen molar-refractivity contribution in [3.05, 3.63) is 41.8 Å². The van der Waals surface area contributed by atoms with Gasteiger partial charge in [0.1, 0.15) is 4.21 Å². The van der Waals surface area contributed by atoms with E-state index in [0.717, 1.165) is 25.7 Å². The number of piperidine rings is 1. The van der Waals surface area contributed by atoms with Crippen LogP contribution in [0.25, 0.3) is 0 Å². The molecule has 1 aromatic heterocycles. The van der Waals surface area contributed by atoms with Crippen LogP contribution in [0.2, 0.25) is 0 Å². The highest BCUT2D eigenvalue weighted by atomic mass is 32.2. The zero-order chi connectivity index (χ0) is 23.5. The number of nitrogens with zero attached hydrogens (tertiary/aromatic N) is 2. The summed E-state index contributed by atoms with van der Waals surface area (Å²) in [4.78, 5) is 13.1. The molecule has 33 heavy (non-hydrogen) atoms. The van der Waals surface area contributed by atoms with Crippen molar-refractivity contribution in [2.24, 2.45) is 5.92 Å². The van der Waals surface area contributed by atoms with Crippen molar-refractivity contribution in [3.63, 3.8) is 0 Å². The molecule has 2 aliphatic rings. The molecule has 0 spiro atoms. The van der Waals surface area contributed by atoms with Crippen LogP contribution in [0, 0.1) is 5.92 Å². The Morgan fingerprint density at radius 3 is 2.15 bits per heavy atom. The smallest absolute Gasteiger partial charge is 0.252 e. The summed E-state index contributed by atoms with van der Waals surface area (Å²) in [6, 6.07) is 9.49. The van der Waals surface area contributed by atoms with Crippen LogP contribution in [-0.2, 0) is 24.8 Å². The SMILES string of the molecule is O=C(Nc1ccc(S(=O)(=O)N2CCCCCC2)cc1)[C@H]1CCCN(S(=O)(=O)c2cccs2)C1. The van der Waals surface area contributed by atoms with Crippen molar-refractivity contribution in [1.29, 1.82) is 0 Å². The Balaban J connectivity index is 1.40. The first-order valence-corrected chi connectivity index (χ1v) is 15.0. The van der Waals surface area contributed by atoms with E-state index in [4.69, 9.17) is 0 Å². The molecule has 0 bridgehead atoms. The van der Waals surface area contributed by atoms with Crippen LogP contribution in [-0.4, -0.2) is 57.5 Å². The maximum absolute atomic E-state index is 12.9. The van der Waals surface area contributed by atoms with Gasteiger partial charge in [-0.15, -0.1) is 11.3 Å². The minimum Gasteiger partial charge on any atom is -0.326 e. The first-order chi connectivity index (χ1) is 15.8. The Kier molecular flexibility index (Phi) is 7.54. The van der Waals surface area contributed by atoms with Gasteiger partial charge in [-0.1, -0.05) is 18.9 Å². The summed E-state index contributed by atoms with van der Waals surface area (Å²) in [6.45, 7) is 1.60. The van der Waals surface area contributed by atoms with Crippen LogP contribution in [0.3, 0.4) is 0 Å². The van der Waals surface area contributed by atoms with E-state index in [9.17, 15) is 21.6 Å². The second-order valence-corrected chi connectivity index (χ2v) is 13.5. The van der Waals surface area contributed by atoms with E-state index >= 15 is 0 Å². The normalized spacial score (nSPS) is 21.4. The molecular formula is C22H29N3O5S3. The van der Waals surface area contributed by atoms with E-state index < -0.39 is 26.0 Å². The molecule has 0 radical (unpaired) electrons. The Bertz CT molecular complexity index is 1150. The van der Waals surface area contributed by atoms with E-state index in [1.54, 1.807) is 29.6 Å². The zero-order valence-electron chi connectivity index (χ0n) is 18.4. The third-order valence-electron chi connectivity index (χ3n) is 6.17. The van der Waals surface area contributed by atoms with Gasteiger partial charge in [-0.2, -0.15) is 8.61 Å². The van der Waals surface area contributed by atoms with Crippen molar-refractivity contribution < 1.29 is 21.6 Å². The quantitative estimate of drug-likeness (QED) is 0.641. The summed E-state index contributed by atoms with van der Waals surface area (Å²) in [6.07, 6.45) is 5.04. The number of carbonyl (C=O) groups is 1. The van der Waals surface area contributed by atoms with Crippen molar-refractivity contribution in [2.75, 3.05) is 31.5 Å². The summed E-state index contributed by atoms with van der Waals surface area (Å²) < 4.78 is 54.7. The zero-order valence-corrected chi connectivity index (χ0v) is 20.8. The molecule has 0 aliphatic carbocycles. The van der Waals surface area contributed by atoms with Gasteiger partial charge in [0.2, 0.25) is 15.9 Å². The molecule has 180 valence electrons. The minimum absolute atomic E-state index is 0.132. The van der Waals surface area contributed by atoms with E-state index in [1.807, 2.05) is 0 Å². The van der Waals surface area contributed by atoms with Crippen LogP contribution >= 0.6 is 11.3 Å². The maximum atomic E-state index is 12.9. The Morgan fingerprint density at radius 2 is 1.52 bits per heavy atom. The minimum atomic E-state index is -3.59. The predicted octanol–water partition coefficient (Wildman–Crippen LogP) is 3.35. The van der Waals surface area contributed by atoms with Crippen LogP contribution in [0.15, 0.2) is 50.9 Å². The average molecular weight is 512 g/mol. The molecular weight excluding hydrogens is 482 g/mol. The molecule has 1 amide bonds. The van der Waals surface area contributed by atoms with E-state index in [0.29, 0.717) is 38.2 Å². The Labute approximate surface area is 199 Å². The van der Waals surface area contributed by atoms with Gasteiger partial charge >= 0.3 is 0 Å². The molecule has 1 atom stereocenters. The van der Waals surface area contributed by atoms with Crippen molar-refractivity contribution in [2.45, 2.75) is 47.6 Å². The monoisotopic (exact) mass is 511 g/mol. The highest BCUT2D eigenvalue weighted by Crippen LogP contribution is 2.27. The van der Waals surface area contributed by atoms with Gasteiger partial charge in [0.05, 0.1) is 10.8 Å². The highest BCUT2D eigenvalue weighted by Gasteiger charge is 2.34. The van der Waals surface area contributed by atoms with Gasteiger partial charge in [0, 0.05) is 31.9 Å². The fourth-order valence-corrected chi connectivity index (χ4v) is 8.48. The van der Waals surface area contributed by atoms with Crippen molar-refractivity contribution >= 4 is 43.0 Å². The molecule has 3 heterocycles. The fraction of sp³-hybridized carbons (Fsp3) is 0.500. The van der Waals surface area contributed by atoms with Gasteiger partial charge in [-0.3, -0.25) is 4.79 Å². The molecule has 2 aliphatic heterocycles. The summed E-state index contributed by atoms with van der Waals surface area (Å²) in [5.41, 5.74) is 0.494. The molecule has 1 aromatic carbocycles. The number of hydrogen-bond donors (Lipinski definition) is 1. The number of amides is 1. The van der Waals surface area contributed by atoms with Crippen molar-refractivity contribution in [3.8, 4) is 0 Å². The van der Waals surface area contributed by atoms with Gasteiger partial charge in [-0.25, -0.2) is 16.8 Å². The molecule has 2 aromatic rings. The molecule has 0 unspecified atom stereocenters. The van der Waals surface area contributed by atoms with Crippen LogP contribution in [0.5, 0.6) is 0 Å². The molecule has 2 fully saturated rings. The van der Waals surface area contributed by atoms with E-state index in [1.165, 1.54) is 32.1 Å². The van der Waals surface area contributed by atoms with Gasteiger partial charge < -0.3 is 5.32 Å². The first-order valence-electron chi connectivity index (χ1n) is 11.2. The summed E-state index contributed by atoms with van der Waals surface area (Å²) in [7, 11) is -7.14. The van der Waals surface area contributed by atoms with Crippen LogP contribution in [0.4, 0.5) is 5.69 Å². The number of sulfonamides is 2. The lowest BCUT2D eigenvalue weighted by Crippen LogP contribution is -2.43. The molecule has 0 saturated carbocycles. The Morgan fingerprint density at radius 1 is 0.848 bits per heavy atom. The second-order valence-electron chi connectivity index (χ2n) is 8.47. The number of carbonyl (C=O) groups excluding carboxylic acids is 1. The van der Waals surface area contributed by atoms with Gasteiger partial charge in [0.15, 0.2) is 0 Å². The largest absolute Gasteiger partial charge is 0.326 e. The summed E-state index contributed by atoms with van der Waals surface area (Å²) in [5.74, 6) is -0.724. The number of nitrogens with one attached hydrogen (secondary N) is 1. The molecule has 11 heteroatoms. The average Bonchev–Trinajstić information content (AvgIpc) is 3.23. The topological polar surface area (TPSA) is 104 Å². The maximum Gasteiger partial charge on any atom is 0.252 e. The van der Waals surface area contributed by atoms with Gasteiger partial charge in [0.25, 0.3) is 10.0 Å². The lowest BCUT2D eigenvalue weighted by Gasteiger charge is -2.30. The van der Waals surface area contributed by atoms with Crippen LogP contribution in [0.1, 0.15) is 38.5 Å². The molecule has 8 nitrogen and oxygen atoms in total. The molecule has 4 rings (SSSR count). The lowest BCUT2D eigenvalue weighted by molar-refractivity contribution is -0.120. The number of benzene rings is 1. The summed E-state index contributed by atoms with van der Waals surface area (Å²) in [5, 5.41) is 4.54. The first kappa shape index (κ1) is 24.3. The van der Waals surface area contributed by atoms with Crippen LogP contribution < -0.4 is 5.32 Å². The number of anilines is 1. The number of rotatable bonds is 6. The van der Waals surface area contributed by atoms with E-state index in [-0.39, 0.29) is 21.6 Å². The number of thiophene rings is 1. The highest BCUT2D eigenvalue weighted by molar-refractivity contribution is 7.91. The number of hydrogen-bond acceptors (Lipinski definition) is 6. The molecule has 1 N–H and O–H groups in total. The third-order valence-corrected chi connectivity index (χ3v) is 11.3. The Hall–Kier alpha value is -1.79. The lowest BCUT2D eigenvalue weighted by atomic mass is 9.99. The fourth-order valence-electron chi connectivity index (χ4n) is 4.30. The third kappa shape index (κ3) is 5.48.